The van der Waals surface area contributed by atoms with Gasteiger partial charge in [0.1, 0.15) is 19.0 Å². The Bertz CT molecular complexity index is 679. The molecule has 0 unspecified atom stereocenters. The van der Waals surface area contributed by atoms with Crippen molar-refractivity contribution in [3.05, 3.63) is 29.6 Å². The molecule has 0 bridgehead atoms. The molecule has 1 amide bonds. The fourth-order valence-electron chi connectivity index (χ4n) is 1.37. The normalized spacial score (nSPS) is 10.6. The lowest BCUT2D eigenvalue weighted by Gasteiger charge is -2.08. The van der Waals surface area contributed by atoms with Crippen LogP contribution >= 0.6 is 0 Å². The van der Waals surface area contributed by atoms with E-state index < -0.39 is 28.5 Å². The van der Waals surface area contributed by atoms with Crippen LogP contribution in [0, 0.1) is 17.7 Å². The van der Waals surface area contributed by atoms with E-state index in [0.717, 1.165) is 18.2 Å². The van der Waals surface area contributed by atoms with Crippen molar-refractivity contribution in [2.24, 2.45) is 5.73 Å². The number of amides is 1. The van der Waals surface area contributed by atoms with Gasteiger partial charge in [-0.25, -0.2) is 22.3 Å². The van der Waals surface area contributed by atoms with Crippen molar-refractivity contribution in [1.82, 2.24) is 4.72 Å². The SMILES string of the molecule is NC(=O)OCCNS(=O)(=O)c1ccc(F)cc1C#CCO. The third kappa shape index (κ3) is 5.39. The van der Waals surface area contributed by atoms with Crippen molar-refractivity contribution in [1.29, 1.82) is 0 Å². The number of primary amides is 1. The summed E-state index contributed by atoms with van der Waals surface area (Å²) in [5.74, 6) is 3.94. The largest absolute Gasteiger partial charge is 0.448 e. The molecule has 0 aliphatic rings. The van der Waals surface area contributed by atoms with Crippen LogP contribution in [0.1, 0.15) is 5.56 Å². The van der Waals surface area contributed by atoms with E-state index in [2.05, 4.69) is 21.3 Å². The predicted octanol–water partition coefficient (Wildman–Crippen LogP) is -0.457. The van der Waals surface area contributed by atoms with Gasteiger partial charge in [0.25, 0.3) is 0 Å². The molecule has 7 nitrogen and oxygen atoms in total. The molecule has 0 spiro atoms. The Morgan fingerprint density at radius 1 is 1.48 bits per heavy atom. The zero-order valence-electron chi connectivity index (χ0n) is 10.8. The zero-order chi connectivity index (χ0) is 15.9. The summed E-state index contributed by atoms with van der Waals surface area (Å²) in [6.07, 6.45) is -1.02. The molecular weight excluding hydrogens is 303 g/mol. The number of hydrogen-bond donors (Lipinski definition) is 3. The number of sulfonamides is 1. The van der Waals surface area contributed by atoms with E-state index in [1.807, 2.05) is 0 Å². The summed E-state index contributed by atoms with van der Waals surface area (Å²) in [5.41, 5.74) is 4.64. The summed E-state index contributed by atoms with van der Waals surface area (Å²) in [6, 6.07) is 2.96. The molecule has 0 heterocycles. The first-order valence-electron chi connectivity index (χ1n) is 5.68. The van der Waals surface area contributed by atoms with Gasteiger partial charge >= 0.3 is 6.09 Å². The van der Waals surface area contributed by atoms with Crippen LogP contribution in [0.3, 0.4) is 0 Å². The summed E-state index contributed by atoms with van der Waals surface area (Å²) in [7, 11) is -3.97. The number of carbonyl (C=O) groups is 1. The number of nitrogens with one attached hydrogen (secondary N) is 1. The molecule has 0 fully saturated rings. The van der Waals surface area contributed by atoms with E-state index in [4.69, 9.17) is 10.8 Å². The standard InChI is InChI=1S/C12H13FN2O5S/c13-10-3-4-11(9(8-10)2-1-6-16)21(18,19)15-5-7-20-12(14)17/h3-4,8,15-16H,5-7H2,(H2,14,17). The van der Waals surface area contributed by atoms with Crippen molar-refractivity contribution >= 4 is 16.1 Å². The topological polar surface area (TPSA) is 119 Å². The van der Waals surface area contributed by atoms with Crippen molar-refractivity contribution in [2.45, 2.75) is 4.90 Å². The average molecular weight is 316 g/mol. The molecule has 0 atom stereocenters. The molecule has 21 heavy (non-hydrogen) atoms. The Morgan fingerprint density at radius 2 is 2.19 bits per heavy atom. The van der Waals surface area contributed by atoms with Gasteiger partial charge in [-0.2, -0.15) is 0 Å². The van der Waals surface area contributed by atoms with Crippen LogP contribution in [0.2, 0.25) is 0 Å². The molecule has 0 aromatic heterocycles. The predicted molar refractivity (Wildman–Crippen MR) is 71.1 cm³/mol. The molecule has 4 N–H and O–H groups in total. The number of aliphatic hydroxyl groups is 1. The van der Waals surface area contributed by atoms with E-state index in [1.165, 1.54) is 0 Å². The highest BCUT2D eigenvalue weighted by atomic mass is 32.2. The molecule has 1 aromatic carbocycles. The van der Waals surface area contributed by atoms with Gasteiger partial charge in [0, 0.05) is 12.1 Å². The lowest BCUT2D eigenvalue weighted by atomic mass is 10.2. The highest BCUT2D eigenvalue weighted by Gasteiger charge is 2.18. The van der Waals surface area contributed by atoms with Gasteiger partial charge in [0.15, 0.2) is 0 Å². The van der Waals surface area contributed by atoms with Gasteiger partial charge in [-0.05, 0) is 18.2 Å². The van der Waals surface area contributed by atoms with E-state index in [-0.39, 0.29) is 23.6 Å². The maximum absolute atomic E-state index is 13.1. The molecule has 1 rings (SSSR count). The average Bonchev–Trinajstić information content (AvgIpc) is 2.41. The summed E-state index contributed by atoms with van der Waals surface area (Å²) in [4.78, 5) is 10.1. The molecule has 0 saturated heterocycles. The van der Waals surface area contributed by atoms with E-state index in [0.29, 0.717) is 0 Å². The van der Waals surface area contributed by atoms with Crippen LogP contribution in [0.15, 0.2) is 23.1 Å². The van der Waals surface area contributed by atoms with Gasteiger partial charge in [-0.1, -0.05) is 11.8 Å². The fraction of sp³-hybridized carbons (Fsp3) is 0.250. The maximum Gasteiger partial charge on any atom is 0.404 e. The summed E-state index contributed by atoms with van der Waals surface area (Å²) >= 11 is 0. The Hall–Kier alpha value is -2.15. The Labute approximate surface area is 121 Å². The van der Waals surface area contributed by atoms with Crippen molar-refractivity contribution in [3.8, 4) is 11.8 Å². The van der Waals surface area contributed by atoms with Crippen LogP contribution in [0.5, 0.6) is 0 Å². The number of hydrogen-bond acceptors (Lipinski definition) is 5. The fourth-order valence-corrected chi connectivity index (χ4v) is 2.53. The summed E-state index contributed by atoms with van der Waals surface area (Å²) < 4.78 is 43.7. The van der Waals surface area contributed by atoms with Gasteiger partial charge in [0.2, 0.25) is 10.0 Å². The van der Waals surface area contributed by atoms with Crippen molar-refractivity contribution in [3.63, 3.8) is 0 Å². The lowest BCUT2D eigenvalue weighted by molar-refractivity contribution is 0.159. The highest BCUT2D eigenvalue weighted by molar-refractivity contribution is 7.89. The smallest absolute Gasteiger partial charge is 0.404 e. The van der Waals surface area contributed by atoms with Gasteiger partial charge < -0.3 is 15.6 Å². The molecule has 0 aliphatic heterocycles. The van der Waals surface area contributed by atoms with Crippen LogP contribution in [-0.2, 0) is 14.8 Å². The first kappa shape index (κ1) is 16.9. The highest BCUT2D eigenvalue weighted by Crippen LogP contribution is 2.16. The molecule has 0 aliphatic carbocycles. The molecule has 9 heteroatoms. The molecule has 1 aromatic rings. The second kappa shape index (κ2) is 7.58. The van der Waals surface area contributed by atoms with E-state index in [9.17, 15) is 17.6 Å². The molecular formula is C12H13FN2O5S. The lowest BCUT2D eigenvalue weighted by Crippen LogP contribution is -2.29. The van der Waals surface area contributed by atoms with Crippen molar-refractivity contribution in [2.75, 3.05) is 19.8 Å². The second-order valence-electron chi connectivity index (χ2n) is 3.67. The molecule has 0 saturated carbocycles. The Balaban J connectivity index is 2.94. The van der Waals surface area contributed by atoms with E-state index in [1.54, 1.807) is 0 Å². The minimum absolute atomic E-state index is 0.0904. The van der Waals surface area contributed by atoms with Crippen LogP contribution in [-0.4, -0.2) is 39.4 Å². The Kier molecular flexibility index (Phi) is 6.10. The van der Waals surface area contributed by atoms with Gasteiger partial charge in [-0.15, -0.1) is 0 Å². The molecule has 114 valence electrons. The summed E-state index contributed by atoms with van der Waals surface area (Å²) in [5, 5.41) is 8.62. The van der Waals surface area contributed by atoms with Gasteiger partial charge in [-0.3, -0.25) is 0 Å². The number of aliphatic hydroxyl groups excluding tert-OH is 1. The maximum atomic E-state index is 13.1. The quantitative estimate of drug-likeness (QED) is 0.502. The summed E-state index contributed by atoms with van der Waals surface area (Å²) in [6.45, 7) is -0.932. The Morgan fingerprint density at radius 3 is 2.81 bits per heavy atom. The third-order valence-electron chi connectivity index (χ3n) is 2.17. The number of ether oxygens (including phenoxy) is 1. The first-order valence-corrected chi connectivity index (χ1v) is 7.16. The molecule has 0 radical (unpaired) electrons. The first-order chi connectivity index (χ1) is 9.86. The minimum Gasteiger partial charge on any atom is -0.448 e. The van der Waals surface area contributed by atoms with E-state index >= 15 is 0 Å². The number of rotatable bonds is 5. The van der Waals surface area contributed by atoms with Crippen LogP contribution in [0.4, 0.5) is 9.18 Å². The van der Waals surface area contributed by atoms with Crippen LogP contribution in [0.25, 0.3) is 0 Å². The van der Waals surface area contributed by atoms with Crippen LogP contribution < -0.4 is 10.5 Å². The number of halogens is 1. The minimum atomic E-state index is -3.97. The van der Waals surface area contributed by atoms with Gasteiger partial charge in [0.05, 0.1) is 4.90 Å². The number of benzene rings is 1. The number of nitrogens with two attached hydrogens (primary N) is 1. The third-order valence-corrected chi connectivity index (χ3v) is 3.69. The monoisotopic (exact) mass is 316 g/mol. The van der Waals surface area contributed by atoms with Crippen molar-refractivity contribution < 1.29 is 27.4 Å². The second-order valence-corrected chi connectivity index (χ2v) is 5.40. The number of carbonyl (C=O) groups excluding carboxylic acids is 1. The zero-order valence-corrected chi connectivity index (χ0v) is 11.6.